The lowest BCUT2D eigenvalue weighted by Crippen LogP contribution is -2.29. The number of nitrogens with one attached hydrogen (secondary N) is 1. The van der Waals surface area contributed by atoms with Gasteiger partial charge in [-0.1, -0.05) is 36.0 Å². The highest BCUT2D eigenvalue weighted by Crippen LogP contribution is 2.23. The van der Waals surface area contributed by atoms with Crippen LogP contribution in [0.25, 0.3) is 0 Å². The van der Waals surface area contributed by atoms with Crippen LogP contribution in [-0.4, -0.2) is 37.5 Å². The van der Waals surface area contributed by atoms with E-state index in [2.05, 4.69) is 35.7 Å². The van der Waals surface area contributed by atoms with E-state index in [0.29, 0.717) is 6.42 Å². The van der Waals surface area contributed by atoms with E-state index in [1.54, 1.807) is 0 Å². The Bertz CT molecular complexity index is 445. The Morgan fingerprint density at radius 1 is 1.32 bits per heavy atom. The molecule has 0 fully saturated rings. The van der Waals surface area contributed by atoms with Crippen LogP contribution in [0.4, 0.5) is 0 Å². The van der Waals surface area contributed by atoms with Crippen LogP contribution < -0.4 is 5.32 Å². The van der Waals surface area contributed by atoms with Crippen LogP contribution in [0.2, 0.25) is 0 Å². The molecular weight excluding hydrogens is 236 g/mol. The number of hydrogen-bond donors (Lipinski definition) is 1. The summed E-state index contributed by atoms with van der Waals surface area (Å²) in [5, 5.41) is 3.06. The fourth-order valence-corrected chi connectivity index (χ4v) is 2.36. The summed E-state index contributed by atoms with van der Waals surface area (Å²) in [4.78, 5) is 14.2. The van der Waals surface area contributed by atoms with E-state index in [9.17, 15) is 4.79 Å². The average molecular weight is 258 g/mol. The predicted octanol–water partition coefficient (Wildman–Crippen LogP) is 2.20. The van der Waals surface area contributed by atoms with Gasteiger partial charge in [-0.05, 0) is 31.5 Å². The van der Waals surface area contributed by atoms with Gasteiger partial charge in [-0.25, -0.2) is 0 Å². The number of carbonyl (C=O) groups excluding carboxylic acids is 1. The van der Waals surface area contributed by atoms with E-state index in [0.717, 1.165) is 31.6 Å². The van der Waals surface area contributed by atoms with Crippen molar-refractivity contribution in [1.82, 2.24) is 10.2 Å². The molecule has 0 saturated heterocycles. The van der Waals surface area contributed by atoms with E-state index in [1.165, 1.54) is 11.1 Å². The third-order valence-electron chi connectivity index (χ3n) is 3.48. The molecule has 0 unspecified atom stereocenters. The van der Waals surface area contributed by atoms with E-state index in [1.807, 2.05) is 18.9 Å². The first kappa shape index (κ1) is 13.8. The van der Waals surface area contributed by atoms with Crippen LogP contribution >= 0.6 is 0 Å². The van der Waals surface area contributed by atoms with Crippen molar-refractivity contribution < 1.29 is 4.79 Å². The number of likely N-dealkylation sites (N-methyl/N-ethyl adjacent to an activating group) is 1. The van der Waals surface area contributed by atoms with Gasteiger partial charge in [-0.2, -0.15) is 0 Å². The minimum absolute atomic E-state index is 0.222. The highest BCUT2D eigenvalue weighted by molar-refractivity contribution is 5.80. The van der Waals surface area contributed by atoms with Gasteiger partial charge in [0.05, 0.1) is 0 Å². The molecule has 1 heterocycles. The highest BCUT2D eigenvalue weighted by Gasteiger charge is 2.23. The molecule has 0 aromatic carbocycles. The summed E-state index contributed by atoms with van der Waals surface area (Å²) in [6.07, 6.45) is 12.2. The molecule has 1 amide bonds. The Labute approximate surface area is 115 Å². The molecule has 2 aliphatic rings. The van der Waals surface area contributed by atoms with Crippen molar-refractivity contribution in [2.45, 2.75) is 19.8 Å². The van der Waals surface area contributed by atoms with Gasteiger partial charge in [0.2, 0.25) is 5.91 Å². The highest BCUT2D eigenvalue weighted by atomic mass is 16.2. The Hall–Kier alpha value is -1.61. The molecule has 19 heavy (non-hydrogen) atoms. The van der Waals surface area contributed by atoms with Gasteiger partial charge in [0.1, 0.15) is 0 Å². The standard InChI is InChI=1S/C16H22N2O/c1-13(8-9-17-2)10-16(19)18-11-14-6-4-3-5-7-15(14)12-18/h4-8,17H,3,9-12H2,1-2H3/b13-8+. The van der Waals surface area contributed by atoms with Crippen molar-refractivity contribution in [3.8, 4) is 0 Å². The molecular formula is C16H22N2O. The number of carbonyl (C=O) groups is 1. The number of hydrogen-bond acceptors (Lipinski definition) is 2. The zero-order valence-electron chi connectivity index (χ0n) is 11.8. The number of allylic oxidation sites excluding steroid dienone is 2. The summed E-state index contributed by atoms with van der Waals surface area (Å²) < 4.78 is 0. The van der Waals surface area contributed by atoms with Gasteiger partial charge in [0.15, 0.2) is 0 Å². The summed E-state index contributed by atoms with van der Waals surface area (Å²) in [6.45, 7) is 4.35. The average Bonchev–Trinajstić information content (AvgIpc) is 2.68. The van der Waals surface area contributed by atoms with E-state index in [4.69, 9.17) is 0 Å². The van der Waals surface area contributed by atoms with Gasteiger partial charge < -0.3 is 10.2 Å². The minimum atomic E-state index is 0.222. The van der Waals surface area contributed by atoms with Crippen LogP contribution in [-0.2, 0) is 4.79 Å². The molecule has 0 spiro atoms. The summed E-state index contributed by atoms with van der Waals surface area (Å²) in [6, 6.07) is 0. The van der Waals surface area contributed by atoms with E-state index in [-0.39, 0.29) is 5.91 Å². The second-order valence-corrected chi connectivity index (χ2v) is 5.13. The van der Waals surface area contributed by atoms with Crippen LogP contribution in [0.3, 0.4) is 0 Å². The van der Waals surface area contributed by atoms with Crippen LogP contribution in [0, 0.1) is 0 Å². The van der Waals surface area contributed by atoms with Crippen molar-refractivity contribution >= 4 is 5.91 Å². The molecule has 1 aliphatic heterocycles. The van der Waals surface area contributed by atoms with E-state index >= 15 is 0 Å². The molecule has 3 heteroatoms. The Morgan fingerprint density at radius 3 is 2.53 bits per heavy atom. The lowest BCUT2D eigenvalue weighted by molar-refractivity contribution is -0.129. The van der Waals surface area contributed by atoms with Gasteiger partial charge in [-0.3, -0.25) is 4.79 Å². The third kappa shape index (κ3) is 3.67. The fraction of sp³-hybridized carbons (Fsp3) is 0.438. The van der Waals surface area contributed by atoms with Crippen LogP contribution in [0.5, 0.6) is 0 Å². The van der Waals surface area contributed by atoms with Gasteiger partial charge >= 0.3 is 0 Å². The Kier molecular flexibility index (Phi) is 4.74. The minimum Gasteiger partial charge on any atom is -0.334 e. The summed E-state index contributed by atoms with van der Waals surface area (Å²) in [7, 11) is 1.91. The quantitative estimate of drug-likeness (QED) is 0.784. The lowest BCUT2D eigenvalue weighted by atomic mass is 10.1. The van der Waals surface area contributed by atoms with Gasteiger partial charge in [-0.15, -0.1) is 0 Å². The number of amides is 1. The SMILES string of the molecule is CNC/C=C(\C)CC(=O)N1CC2=C(C=CCC=C2)C1. The van der Waals surface area contributed by atoms with Crippen molar-refractivity contribution in [3.05, 3.63) is 47.1 Å². The molecule has 3 nitrogen and oxygen atoms in total. The molecule has 0 bridgehead atoms. The van der Waals surface area contributed by atoms with Crippen molar-refractivity contribution in [2.75, 3.05) is 26.7 Å². The zero-order valence-corrected chi connectivity index (χ0v) is 11.8. The molecule has 0 radical (unpaired) electrons. The molecule has 0 saturated carbocycles. The molecule has 1 N–H and O–H groups in total. The molecule has 0 aromatic rings. The first-order valence-electron chi connectivity index (χ1n) is 6.84. The van der Waals surface area contributed by atoms with Crippen LogP contribution in [0.15, 0.2) is 47.1 Å². The molecule has 102 valence electrons. The van der Waals surface area contributed by atoms with Gasteiger partial charge in [0, 0.05) is 26.1 Å². The predicted molar refractivity (Wildman–Crippen MR) is 78.8 cm³/mol. The largest absolute Gasteiger partial charge is 0.334 e. The maximum Gasteiger partial charge on any atom is 0.227 e. The maximum absolute atomic E-state index is 12.2. The van der Waals surface area contributed by atoms with Crippen molar-refractivity contribution in [2.24, 2.45) is 0 Å². The monoisotopic (exact) mass is 258 g/mol. The van der Waals surface area contributed by atoms with Gasteiger partial charge in [0.25, 0.3) is 0 Å². The van der Waals surface area contributed by atoms with Crippen molar-refractivity contribution in [1.29, 1.82) is 0 Å². The normalized spacial score (nSPS) is 18.8. The fourth-order valence-electron chi connectivity index (χ4n) is 2.36. The first-order chi connectivity index (χ1) is 9.20. The topological polar surface area (TPSA) is 32.3 Å². The number of rotatable bonds is 4. The molecule has 2 rings (SSSR count). The molecule has 0 atom stereocenters. The lowest BCUT2D eigenvalue weighted by Gasteiger charge is -2.16. The summed E-state index contributed by atoms with van der Waals surface area (Å²) in [5.74, 6) is 0.222. The molecule has 0 aromatic heterocycles. The van der Waals surface area contributed by atoms with E-state index < -0.39 is 0 Å². The third-order valence-corrected chi connectivity index (χ3v) is 3.48. The van der Waals surface area contributed by atoms with Crippen molar-refractivity contribution in [3.63, 3.8) is 0 Å². The first-order valence-corrected chi connectivity index (χ1v) is 6.84. The second-order valence-electron chi connectivity index (χ2n) is 5.13. The summed E-state index contributed by atoms with van der Waals surface area (Å²) in [5.41, 5.74) is 3.71. The Morgan fingerprint density at radius 2 is 1.95 bits per heavy atom. The number of nitrogens with zero attached hydrogens (tertiary/aromatic N) is 1. The maximum atomic E-state index is 12.2. The zero-order chi connectivity index (χ0) is 13.7. The van der Waals surface area contributed by atoms with Crippen LogP contribution in [0.1, 0.15) is 19.8 Å². The Balaban J connectivity index is 1.92. The second kappa shape index (κ2) is 6.53. The molecule has 1 aliphatic carbocycles. The smallest absolute Gasteiger partial charge is 0.227 e. The summed E-state index contributed by atoms with van der Waals surface area (Å²) >= 11 is 0.